The Labute approximate surface area is 183 Å². The number of carbonyl (C=O) groups excluding carboxylic acids is 1. The summed E-state index contributed by atoms with van der Waals surface area (Å²) in [4.78, 5) is 19.6. The fourth-order valence-corrected chi connectivity index (χ4v) is 5.81. The Morgan fingerprint density at radius 1 is 1.16 bits per heavy atom. The van der Waals surface area contributed by atoms with Crippen LogP contribution in [-0.2, 0) is 30.2 Å². The van der Waals surface area contributed by atoms with Gasteiger partial charge in [-0.2, -0.15) is 4.31 Å². The number of imidazole rings is 1. The van der Waals surface area contributed by atoms with Crippen molar-refractivity contribution in [3.8, 4) is 0 Å². The number of rotatable bonds is 6. The molecule has 1 saturated heterocycles. The Morgan fingerprint density at radius 3 is 2.58 bits per heavy atom. The van der Waals surface area contributed by atoms with E-state index in [9.17, 15) is 13.2 Å². The number of piperidine rings is 1. The summed E-state index contributed by atoms with van der Waals surface area (Å²) in [6.07, 6.45) is 4.34. The van der Waals surface area contributed by atoms with Crippen molar-refractivity contribution in [2.24, 2.45) is 7.05 Å². The van der Waals surface area contributed by atoms with Crippen LogP contribution in [0.5, 0.6) is 0 Å². The van der Waals surface area contributed by atoms with Gasteiger partial charge in [-0.3, -0.25) is 4.79 Å². The number of benzene rings is 1. The van der Waals surface area contributed by atoms with E-state index in [2.05, 4.69) is 9.55 Å². The molecule has 166 valence electrons. The molecule has 31 heavy (non-hydrogen) atoms. The number of sulfonamides is 1. The molecule has 0 aliphatic carbocycles. The first kappa shape index (κ1) is 21.6. The standard InChI is InChI=1S/C22H29N5O3S/c1-4-27-19-11-7-6-10-18(19)23-21(27)16-25(3)22(28)20-14-17(15-24(20)2)31(29,30)26-12-8-5-9-13-26/h6-7,10-11,14-15H,4-5,8-9,12-13,16H2,1-3H3. The Kier molecular flexibility index (Phi) is 5.90. The SMILES string of the molecule is CCn1c(CN(C)C(=O)c2cc(S(=O)(=O)N3CCCCC3)cn2C)nc2ccccc21. The van der Waals surface area contributed by atoms with Gasteiger partial charge in [0, 0.05) is 39.9 Å². The molecule has 3 aromatic rings. The van der Waals surface area contributed by atoms with E-state index in [1.54, 1.807) is 23.6 Å². The first-order valence-electron chi connectivity index (χ1n) is 10.7. The van der Waals surface area contributed by atoms with Gasteiger partial charge in [-0.1, -0.05) is 18.6 Å². The number of para-hydroxylation sites is 2. The van der Waals surface area contributed by atoms with E-state index in [1.165, 1.54) is 16.6 Å². The molecule has 1 amide bonds. The maximum absolute atomic E-state index is 13.2. The van der Waals surface area contributed by atoms with Gasteiger partial charge >= 0.3 is 0 Å². The van der Waals surface area contributed by atoms with Gasteiger partial charge in [0.2, 0.25) is 10.0 Å². The van der Waals surface area contributed by atoms with Crippen molar-refractivity contribution < 1.29 is 13.2 Å². The van der Waals surface area contributed by atoms with Crippen molar-refractivity contribution in [1.29, 1.82) is 0 Å². The molecule has 0 N–H and O–H groups in total. The van der Waals surface area contributed by atoms with Crippen molar-refractivity contribution in [1.82, 2.24) is 23.3 Å². The number of amides is 1. The summed E-state index contributed by atoms with van der Waals surface area (Å²) in [5.41, 5.74) is 2.28. The van der Waals surface area contributed by atoms with Crippen LogP contribution in [0.25, 0.3) is 11.0 Å². The second-order valence-electron chi connectivity index (χ2n) is 8.06. The first-order chi connectivity index (χ1) is 14.8. The minimum absolute atomic E-state index is 0.175. The summed E-state index contributed by atoms with van der Waals surface area (Å²) in [6.45, 7) is 4.21. The average molecular weight is 444 g/mol. The van der Waals surface area contributed by atoms with Crippen LogP contribution in [0.3, 0.4) is 0 Å². The quantitative estimate of drug-likeness (QED) is 0.587. The summed E-state index contributed by atoms with van der Waals surface area (Å²) < 4.78 is 31.2. The van der Waals surface area contributed by atoms with Gasteiger partial charge in [0.1, 0.15) is 16.4 Å². The van der Waals surface area contributed by atoms with E-state index >= 15 is 0 Å². The highest BCUT2D eigenvalue weighted by atomic mass is 32.2. The Balaban J connectivity index is 1.57. The molecule has 3 heterocycles. The van der Waals surface area contributed by atoms with Gasteiger partial charge in [-0.25, -0.2) is 13.4 Å². The smallest absolute Gasteiger partial charge is 0.270 e. The minimum atomic E-state index is -3.58. The molecule has 1 fully saturated rings. The fraction of sp³-hybridized carbons (Fsp3) is 0.455. The van der Waals surface area contributed by atoms with E-state index in [-0.39, 0.29) is 10.8 Å². The van der Waals surface area contributed by atoms with E-state index in [0.717, 1.165) is 42.7 Å². The van der Waals surface area contributed by atoms with Crippen LogP contribution >= 0.6 is 0 Å². The predicted octanol–water partition coefficient (Wildman–Crippen LogP) is 2.84. The van der Waals surface area contributed by atoms with Crippen LogP contribution in [-0.4, -0.2) is 57.8 Å². The molecular weight excluding hydrogens is 414 g/mol. The van der Waals surface area contributed by atoms with Crippen molar-refractivity contribution in [2.75, 3.05) is 20.1 Å². The highest BCUT2D eigenvalue weighted by molar-refractivity contribution is 7.89. The lowest BCUT2D eigenvalue weighted by Gasteiger charge is -2.25. The Morgan fingerprint density at radius 2 is 1.87 bits per heavy atom. The molecule has 4 rings (SSSR count). The monoisotopic (exact) mass is 443 g/mol. The minimum Gasteiger partial charge on any atom is -0.345 e. The van der Waals surface area contributed by atoms with Gasteiger partial charge in [-0.05, 0) is 38.0 Å². The lowest BCUT2D eigenvalue weighted by molar-refractivity contribution is 0.0771. The number of fused-ring (bicyclic) bond motifs is 1. The fourth-order valence-electron chi connectivity index (χ4n) is 4.22. The summed E-state index contributed by atoms with van der Waals surface area (Å²) >= 11 is 0. The topological polar surface area (TPSA) is 80.4 Å². The third kappa shape index (κ3) is 3.99. The molecule has 1 aliphatic rings. The normalized spacial score (nSPS) is 15.5. The maximum atomic E-state index is 13.2. The second-order valence-corrected chi connectivity index (χ2v) is 10.00. The van der Waals surface area contributed by atoms with Crippen molar-refractivity contribution >= 4 is 27.0 Å². The van der Waals surface area contributed by atoms with Crippen LogP contribution in [0, 0.1) is 0 Å². The van der Waals surface area contributed by atoms with Gasteiger partial charge in [0.25, 0.3) is 5.91 Å². The lowest BCUT2D eigenvalue weighted by atomic mass is 10.2. The average Bonchev–Trinajstić information content (AvgIpc) is 3.34. The zero-order valence-electron chi connectivity index (χ0n) is 18.3. The summed E-state index contributed by atoms with van der Waals surface area (Å²) in [7, 11) is -0.163. The molecule has 0 atom stereocenters. The largest absolute Gasteiger partial charge is 0.345 e. The molecule has 0 saturated carbocycles. The summed E-state index contributed by atoms with van der Waals surface area (Å²) in [5, 5.41) is 0. The highest BCUT2D eigenvalue weighted by Crippen LogP contribution is 2.23. The number of aromatic nitrogens is 3. The zero-order valence-corrected chi connectivity index (χ0v) is 19.1. The molecule has 0 spiro atoms. The van der Waals surface area contributed by atoms with Crippen molar-refractivity contribution in [2.45, 2.75) is 44.2 Å². The Hall–Kier alpha value is -2.65. The zero-order chi connectivity index (χ0) is 22.2. The number of aryl methyl sites for hydroxylation is 2. The maximum Gasteiger partial charge on any atom is 0.270 e. The molecule has 0 radical (unpaired) electrons. The van der Waals surface area contributed by atoms with Crippen molar-refractivity contribution in [3.05, 3.63) is 48.0 Å². The molecule has 8 nitrogen and oxygen atoms in total. The van der Waals surface area contributed by atoms with Gasteiger partial charge in [0.05, 0.1) is 17.6 Å². The van der Waals surface area contributed by atoms with Crippen LogP contribution in [0.2, 0.25) is 0 Å². The number of nitrogens with zero attached hydrogens (tertiary/aromatic N) is 5. The Bertz CT molecular complexity index is 1210. The van der Waals surface area contributed by atoms with E-state index in [1.807, 2.05) is 31.2 Å². The molecule has 2 aromatic heterocycles. The number of hydrogen-bond donors (Lipinski definition) is 0. The third-order valence-electron chi connectivity index (χ3n) is 5.93. The molecule has 0 bridgehead atoms. The van der Waals surface area contributed by atoms with Crippen LogP contribution in [0.4, 0.5) is 0 Å². The third-order valence-corrected chi connectivity index (χ3v) is 7.79. The van der Waals surface area contributed by atoms with Crippen LogP contribution in [0.1, 0.15) is 42.5 Å². The summed E-state index contributed by atoms with van der Waals surface area (Å²) in [5.74, 6) is 0.562. The number of carbonyl (C=O) groups is 1. The molecule has 9 heteroatoms. The number of hydrogen-bond acceptors (Lipinski definition) is 4. The van der Waals surface area contributed by atoms with Crippen LogP contribution in [0.15, 0.2) is 41.4 Å². The van der Waals surface area contributed by atoms with Gasteiger partial charge in [0.15, 0.2) is 0 Å². The van der Waals surface area contributed by atoms with E-state index < -0.39 is 10.0 Å². The second kappa shape index (κ2) is 8.47. The molecule has 1 aromatic carbocycles. The highest BCUT2D eigenvalue weighted by Gasteiger charge is 2.29. The first-order valence-corrected chi connectivity index (χ1v) is 12.1. The van der Waals surface area contributed by atoms with E-state index in [0.29, 0.717) is 25.3 Å². The van der Waals surface area contributed by atoms with Gasteiger partial charge in [-0.15, -0.1) is 0 Å². The molecular formula is C22H29N5O3S. The molecule has 0 unspecified atom stereocenters. The van der Waals surface area contributed by atoms with Crippen LogP contribution < -0.4 is 0 Å². The van der Waals surface area contributed by atoms with Gasteiger partial charge < -0.3 is 14.0 Å². The predicted molar refractivity (Wildman–Crippen MR) is 119 cm³/mol. The van der Waals surface area contributed by atoms with Crippen molar-refractivity contribution in [3.63, 3.8) is 0 Å². The molecule has 1 aliphatic heterocycles. The lowest BCUT2D eigenvalue weighted by Crippen LogP contribution is -2.35. The summed E-state index contributed by atoms with van der Waals surface area (Å²) in [6, 6.07) is 9.39. The van der Waals surface area contributed by atoms with E-state index in [4.69, 9.17) is 0 Å².